The van der Waals surface area contributed by atoms with Crippen LogP contribution >= 0.6 is 0 Å². The molecule has 1 aromatic carbocycles. The summed E-state index contributed by atoms with van der Waals surface area (Å²) in [6.45, 7) is 0.112. The zero-order chi connectivity index (χ0) is 22.0. The summed E-state index contributed by atoms with van der Waals surface area (Å²) in [7, 11) is 0. The number of hydrogen-bond donors (Lipinski definition) is 2. The monoisotopic (exact) mass is 427 g/mol. The van der Waals surface area contributed by atoms with Gasteiger partial charge in [0.25, 0.3) is 0 Å². The number of H-pyrrole nitrogens is 1. The lowest BCUT2D eigenvalue weighted by Crippen LogP contribution is -2.43. The summed E-state index contributed by atoms with van der Waals surface area (Å²) in [4.78, 5) is 32.3. The molecule has 160 valence electrons. The third-order valence-corrected chi connectivity index (χ3v) is 5.85. The van der Waals surface area contributed by atoms with Gasteiger partial charge in [-0.3, -0.25) is 9.78 Å². The molecular weight excluding hydrogens is 406 g/mol. The Labute approximate surface area is 184 Å². The molecule has 32 heavy (non-hydrogen) atoms. The highest BCUT2D eigenvalue weighted by molar-refractivity contribution is 5.76. The summed E-state index contributed by atoms with van der Waals surface area (Å²) in [5.41, 5.74) is 3.39. The molecule has 0 radical (unpaired) electrons. The second-order valence-corrected chi connectivity index (χ2v) is 7.91. The van der Waals surface area contributed by atoms with E-state index >= 15 is 0 Å². The van der Waals surface area contributed by atoms with Crippen LogP contribution in [-0.2, 0) is 4.79 Å². The Kier molecular flexibility index (Phi) is 5.10. The van der Waals surface area contributed by atoms with Crippen molar-refractivity contribution in [1.82, 2.24) is 24.9 Å². The molecule has 0 saturated heterocycles. The van der Waals surface area contributed by atoms with Gasteiger partial charge < -0.3 is 14.8 Å². The van der Waals surface area contributed by atoms with Crippen molar-refractivity contribution in [3.63, 3.8) is 0 Å². The Bertz CT molecular complexity index is 1220. The van der Waals surface area contributed by atoms with Crippen LogP contribution < -0.4 is 4.74 Å². The second kappa shape index (κ2) is 8.22. The first-order chi connectivity index (χ1) is 15.6. The number of ether oxygens (including phenoxy) is 1. The van der Waals surface area contributed by atoms with Crippen LogP contribution in [0.3, 0.4) is 0 Å². The summed E-state index contributed by atoms with van der Waals surface area (Å²) >= 11 is 0. The maximum atomic E-state index is 11.4. The summed E-state index contributed by atoms with van der Waals surface area (Å²) in [5.74, 6) is 0.190. The van der Waals surface area contributed by atoms with Gasteiger partial charge in [0.15, 0.2) is 5.82 Å². The largest absolute Gasteiger partial charge is 0.481 e. The summed E-state index contributed by atoms with van der Waals surface area (Å²) in [5, 5.41) is 9.39. The molecule has 5 rings (SSSR count). The molecule has 0 spiro atoms. The van der Waals surface area contributed by atoms with E-state index in [9.17, 15) is 9.90 Å². The van der Waals surface area contributed by atoms with Gasteiger partial charge in [-0.15, -0.1) is 0 Å². The number of rotatable bonds is 7. The predicted molar refractivity (Wildman–Crippen MR) is 118 cm³/mol. The molecule has 3 heterocycles. The Morgan fingerprint density at radius 3 is 2.34 bits per heavy atom. The maximum absolute atomic E-state index is 11.4. The molecule has 1 fully saturated rings. The van der Waals surface area contributed by atoms with Crippen LogP contribution in [0.1, 0.15) is 19.3 Å². The Balaban J connectivity index is 1.26. The van der Waals surface area contributed by atoms with Crippen molar-refractivity contribution < 1.29 is 14.6 Å². The molecule has 1 aliphatic carbocycles. The lowest BCUT2D eigenvalue weighted by atomic mass is 9.69. The van der Waals surface area contributed by atoms with Crippen molar-refractivity contribution in [2.45, 2.75) is 19.3 Å². The van der Waals surface area contributed by atoms with Crippen molar-refractivity contribution in [3.05, 3.63) is 67.3 Å². The van der Waals surface area contributed by atoms with E-state index in [4.69, 9.17) is 4.74 Å². The molecule has 0 atom stereocenters. The smallest absolute Gasteiger partial charge is 0.313 e. The standard InChI is InChI=1S/C24H21N5O3/c30-23(31)24(9-4-10-24)15-32-21-14-26-19(12-27-21)17-7-8-18(25-11-17)22-28-13-20(29-22)16-5-2-1-3-6-16/h1-3,5-8,11-14H,4,9-10,15H2,(H,28,29)(H,30,31). The highest BCUT2D eigenvalue weighted by Crippen LogP contribution is 2.41. The fourth-order valence-corrected chi connectivity index (χ4v) is 3.68. The van der Waals surface area contributed by atoms with E-state index < -0.39 is 11.4 Å². The molecule has 1 aliphatic rings. The van der Waals surface area contributed by atoms with Crippen LogP contribution in [0.4, 0.5) is 0 Å². The van der Waals surface area contributed by atoms with Crippen LogP contribution in [0.5, 0.6) is 5.88 Å². The van der Waals surface area contributed by atoms with E-state index in [-0.39, 0.29) is 6.61 Å². The highest BCUT2D eigenvalue weighted by atomic mass is 16.5. The zero-order valence-electron chi connectivity index (χ0n) is 17.2. The Hall–Kier alpha value is -4.07. The minimum absolute atomic E-state index is 0.112. The molecule has 0 bridgehead atoms. The number of aromatic amines is 1. The third kappa shape index (κ3) is 3.82. The van der Waals surface area contributed by atoms with Crippen molar-refractivity contribution in [1.29, 1.82) is 0 Å². The lowest BCUT2D eigenvalue weighted by molar-refractivity contribution is -0.157. The number of carboxylic acid groups (broad SMARTS) is 1. The van der Waals surface area contributed by atoms with Crippen LogP contribution in [0.2, 0.25) is 0 Å². The number of aromatic nitrogens is 5. The molecule has 1 saturated carbocycles. The first-order valence-corrected chi connectivity index (χ1v) is 10.4. The van der Waals surface area contributed by atoms with Crippen LogP contribution in [0, 0.1) is 5.41 Å². The number of benzene rings is 1. The van der Waals surface area contributed by atoms with Gasteiger partial charge in [0.1, 0.15) is 17.7 Å². The van der Waals surface area contributed by atoms with E-state index in [1.54, 1.807) is 18.6 Å². The van der Waals surface area contributed by atoms with Gasteiger partial charge in [-0.25, -0.2) is 15.0 Å². The van der Waals surface area contributed by atoms with Crippen LogP contribution in [0.25, 0.3) is 34.0 Å². The molecule has 0 amide bonds. The number of imidazole rings is 1. The Morgan fingerprint density at radius 2 is 1.72 bits per heavy atom. The normalized spacial score (nSPS) is 14.5. The van der Waals surface area contributed by atoms with E-state index in [0.717, 1.165) is 28.9 Å². The van der Waals surface area contributed by atoms with Gasteiger partial charge in [0.2, 0.25) is 5.88 Å². The average Bonchev–Trinajstić information content (AvgIpc) is 3.30. The SMILES string of the molecule is O=C(O)C1(COc2cnc(-c3ccc(-c4ncc(-c5ccccc5)[nH]4)nc3)cn2)CCC1. The molecule has 0 unspecified atom stereocenters. The van der Waals surface area contributed by atoms with E-state index in [1.807, 2.05) is 42.5 Å². The van der Waals surface area contributed by atoms with E-state index in [1.165, 1.54) is 6.20 Å². The number of hydrogen-bond acceptors (Lipinski definition) is 6. The van der Waals surface area contributed by atoms with Crippen molar-refractivity contribution in [2.75, 3.05) is 6.61 Å². The molecule has 8 nitrogen and oxygen atoms in total. The highest BCUT2D eigenvalue weighted by Gasteiger charge is 2.45. The first-order valence-electron chi connectivity index (χ1n) is 10.4. The van der Waals surface area contributed by atoms with Crippen molar-refractivity contribution >= 4 is 5.97 Å². The quantitative estimate of drug-likeness (QED) is 0.454. The van der Waals surface area contributed by atoms with Gasteiger partial charge in [0, 0.05) is 11.8 Å². The zero-order valence-corrected chi connectivity index (χ0v) is 17.2. The second-order valence-electron chi connectivity index (χ2n) is 7.91. The Morgan fingerprint density at radius 1 is 0.906 bits per heavy atom. The van der Waals surface area contributed by atoms with Gasteiger partial charge in [-0.2, -0.15) is 0 Å². The first kappa shape index (κ1) is 19.9. The molecule has 8 heteroatoms. The molecular formula is C24H21N5O3. The van der Waals surface area contributed by atoms with E-state index in [2.05, 4.69) is 24.9 Å². The summed E-state index contributed by atoms with van der Waals surface area (Å²) < 4.78 is 5.60. The molecule has 4 aromatic rings. The topological polar surface area (TPSA) is 114 Å². The number of carboxylic acids is 1. The van der Waals surface area contributed by atoms with E-state index in [0.29, 0.717) is 30.2 Å². The third-order valence-electron chi connectivity index (χ3n) is 5.85. The number of carbonyl (C=O) groups is 1. The average molecular weight is 427 g/mol. The fraction of sp³-hybridized carbons (Fsp3) is 0.208. The number of aliphatic carboxylic acids is 1. The van der Waals surface area contributed by atoms with Crippen molar-refractivity contribution in [3.8, 4) is 39.9 Å². The number of nitrogens with zero attached hydrogens (tertiary/aromatic N) is 4. The molecule has 2 N–H and O–H groups in total. The van der Waals surface area contributed by atoms with Gasteiger partial charge in [0.05, 0.1) is 30.0 Å². The predicted octanol–water partition coefficient (Wildman–Crippen LogP) is 4.23. The summed E-state index contributed by atoms with van der Waals surface area (Å²) in [6, 6.07) is 13.8. The lowest BCUT2D eigenvalue weighted by Gasteiger charge is -2.36. The fourth-order valence-electron chi connectivity index (χ4n) is 3.68. The van der Waals surface area contributed by atoms with Gasteiger partial charge in [-0.1, -0.05) is 36.8 Å². The van der Waals surface area contributed by atoms with Gasteiger partial charge >= 0.3 is 5.97 Å². The summed E-state index contributed by atoms with van der Waals surface area (Å²) in [6.07, 6.45) is 8.80. The van der Waals surface area contributed by atoms with Crippen LogP contribution in [-0.4, -0.2) is 42.6 Å². The van der Waals surface area contributed by atoms with Crippen molar-refractivity contribution in [2.24, 2.45) is 5.41 Å². The molecule has 3 aromatic heterocycles. The van der Waals surface area contributed by atoms with Gasteiger partial charge in [-0.05, 0) is 30.5 Å². The van der Waals surface area contributed by atoms with Crippen LogP contribution in [0.15, 0.2) is 67.3 Å². The minimum Gasteiger partial charge on any atom is -0.481 e. The number of nitrogens with one attached hydrogen (secondary N) is 1. The minimum atomic E-state index is -0.813. The maximum Gasteiger partial charge on any atom is 0.313 e. The molecule has 0 aliphatic heterocycles. The number of pyridine rings is 1.